The summed E-state index contributed by atoms with van der Waals surface area (Å²) in [6, 6.07) is 14.1. The number of aliphatic hydroxyl groups is 1. The first-order chi connectivity index (χ1) is 12.6. The molecule has 1 heterocycles. The summed E-state index contributed by atoms with van der Waals surface area (Å²) in [4.78, 5) is 4.47. The third-order valence-electron chi connectivity index (χ3n) is 4.53. The van der Waals surface area contributed by atoms with E-state index in [1.54, 1.807) is 0 Å². The van der Waals surface area contributed by atoms with Crippen LogP contribution in [0.2, 0.25) is 5.02 Å². The fourth-order valence-corrected chi connectivity index (χ4v) is 3.21. The van der Waals surface area contributed by atoms with E-state index in [0.29, 0.717) is 24.8 Å². The van der Waals surface area contributed by atoms with Gasteiger partial charge >= 0.3 is 0 Å². The Bertz CT molecular complexity index is 677. The SMILES string of the molecule is Cl.OC(COCc1ccc(Cl)cc1)CN1CCN(c2ccc(F)cc2)CC1. The van der Waals surface area contributed by atoms with E-state index >= 15 is 0 Å². The van der Waals surface area contributed by atoms with Gasteiger partial charge in [0.05, 0.1) is 19.3 Å². The lowest BCUT2D eigenvalue weighted by atomic mass is 10.2. The molecule has 0 radical (unpaired) electrons. The van der Waals surface area contributed by atoms with E-state index in [1.807, 2.05) is 36.4 Å². The van der Waals surface area contributed by atoms with Crippen LogP contribution < -0.4 is 4.90 Å². The van der Waals surface area contributed by atoms with Gasteiger partial charge in [-0.1, -0.05) is 23.7 Å². The smallest absolute Gasteiger partial charge is 0.123 e. The second-order valence-corrected chi connectivity index (χ2v) is 7.00. The summed E-state index contributed by atoms with van der Waals surface area (Å²) < 4.78 is 18.6. The molecule has 2 aromatic rings. The van der Waals surface area contributed by atoms with Gasteiger partial charge < -0.3 is 14.7 Å². The van der Waals surface area contributed by atoms with Crippen molar-refractivity contribution in [3.63, 3.8) is 0 Å². The van der Waals surface area contributed by atoms with Crippen LogP contribution >= 0.6 is 24.0 Å². The monoisotopic (exact) mass is 414 g/mol. The average molecular weight is 415 g/mol. The number of β-amino-alcohol motifs (C(OH)–C–C–N with tert-alkyl or cyclic N) is 1. The van der Waals surface area contributed by atoms with Crippen molar-refractivity contribution >= 4 is 29.7 Å². The van der Waals surface area contributed by atoms with E-state index < -0.39 is 6.10 Å². The highest BCUT2D eigenvalue weighted by atomic mass is 35.5. The molecule has 1 fully saturated rings. The molecule has 0 saturated carbocycles. The number of rotatable bonds is 7. The first-order valence-corrected chi connectivity index (χ1v) is 9.21. The van der Waals surface area contributed by atoms with Crippen LogP contribution in [0.15, 0.2) is 48.5 Å². The first kappa shape index (κ1) is 21.9. The Morgan fingerprint density at radius 3 is 2.26 bits per heavy atom. The molecule has 0 aromatic heterocycles. The molecule has 1 atom stereocenters. The number of nitrogens with zero attached hydrogens (tertiary/aromatic N) is 2. The van der Waals surface area contributed by atoms with Crippen molar-refractivity contribution in [2.45, 2.75) is 12.7 Å². The third-order valence-corrected chi connectivity index (χ3v) is 4.78. The van der Waals surface area contributed by atoms with Crippen molar-refractivity contribution in [1.82, 2.24) is 4.90 Å². The maximum Gasteiger partial charge on any atom is 0.123 e. The van der Waals surface area contributed by atoms with Crippen molar-refractivity contribution in [2.24, 2.45) is 0 Å². The van der Waals surface area contributed by atoms with Gasteiger partial charge in [0.15, 0.2) is 0 Å². The summed E-state index contributed by atoms with van der Waals surface area (Å²) in [5, 5.41) is 10.9. The van der Waals surface area contributed by atoms with E-state index in [2.05, 4.69) is 9.80 Å². The molecule has 0 bridgehead atoms. The zero-order valence-electron chi connectivity index (χ0n) is 15.1. The van der Waals surface area contributed by atoms with E-state index in [1.165, 1.54) is 12.1 Å². The maximum atomic E-state index is 13.0. The van der Waals surface area contributed by atoms with Crippen LogP contribution in [0, 0.1) is 5.82 Å². The Morgan fingerprint density at radius 1 is 1.00 bits per heavy atom. The van der Waals surface area contributed by atoms with E-state index in [9.17, 15) is 9.50 Å². The summed E-state index contributed by atoms with van der Waals surface area (Å²) >= 11 is 5.85. The summed E-state index contributed by atoms with van der Waals surface area (Å²) in [7, 11) is 0. The molecule has 3 rings (SSSR count). The molecule has 1 N–H and O–H groups in total. The van der Waals surface area contributed by atoms with Gasteiger partial charge in [-0.15, -0.1) is 12.4 Å². The molecule has 27 heavy (non-hydrogen) atoms. The second kappa shape index (κ2) is 10.8. The van der Waals surface area contributed by atoms with Crippen LogP contribution in [0.25, 0.3) is 0 Å². The lowest BCUT2D eigenvalue weighted by Gasteiger charge is -2.36. The minimum absolute atomic E-state index is 0. The number of hydrogen-bond acceptors (Lipinski definition) is 4. The van der Waals surface area contributed by atoms with Crippen LogP contribution in [0.1, 0.15) is 5.56 Å². The van der Waals surface area contributed by atoms with E-state index in [-0.39, 0.29) is 18.2 Å². The number of benzene rings is 2. The lowest BCUT2D eigenvalue weighted by molar-refractivity contribution is 0.00914. The van der Waals surface area contributed by atoms with Gasteiger partial charge in [-0.3, -0.25) is 4.90 Å². The second-order valence-electron chi connectivity index (χ2n) is 6.56. The number of aliphatic hydroxyl groups excluding tert-OH is 1. The predicted octanol–water partition coefficient (Wildman–Crippen LogP) is 3.60. The highest BCUT2D eigenvalue weighted by Crippen LogP contribution is 2.17. The van der Waals surface area contributed by atoms with Crippen molar-refractivity contribution in [3.8, 4) is 0 Å². The van der Waals surface area contributed by atoms with Gasteiger partial charge in [-0.25, -0.2) is 4.39 Å². The molecule has 0 amide bonds. The summed E-state index contributed by atoms with van der Waals surface area (Å²) in [5.41, 5.74) is 2.08. The zero-order chi connectivity index (χ0) is 18.4. The molecule has 7 heteroatoms. The van der Waals surface area contributed by atoms with Crippen molar-refractivity contribution in [1.29, 1.82) is 0 Å². The largest absolute Gasteiger partial charge is 0.389 e. The summed E-state index contributed by atoms with van der Waals surface area (Å²) in [6.07, 6.45) is -0.514. The normalized spacial score (nSPS) is 16.0. The third kappa shape index (κ3) is 6.94. The zero-order valence-corrected chi connectivity index (χ0v) is 16.6. The van der Waals surface area contributed by atoms with Crippen molar-refractivity contribution in [2.75, 3.05) is 44.2 Å². The molecule has 148 valence electrons. The number of hydrogen-bond donors (Lipinski definition) is 1. The number of piperazine rings is 1. The molecule has 2 aromatic carbocycles. The number of ether oxygens (including phenoxy) is 1. The molecule has 4 nitrogen and oxygen atoms in total. The highest BCUT2D eigenvalue weighted by molar-refractivity contribution is 6.30. The topological polar surface area (TPSA) is 35.9 Å². The van der Waals surface area contributed by atoms with Crippen LogP contribution in [0.3, 0.4) is 0 Å². The quantitative estimate of drug-likeness (QED) is 0.750. The Labute approximate surface area is 170 Å². The predicted molar refractivity (Wildman–Crippen MR) is 109 cm³/mol. The van der Waals surface area contributed by atoms with Gasteiger partial charge in [0.2, 0.25) is 0 Å². The molecule has 0 spiro atoms. The van der Waals surface area contributed by atoms with Gasteiger partial charge in [0, 0.05) is 43.4 Å². The van der Waals surface area contributed by atoms with Crippen LogP contribution in [-0.4, -0.2) is 55.4 Å². The van der Waals surface area contributed by atoms with Crippen molar-refractivity contribution < 1.29 is 14.2 Å². The molecular formula is C20H25Cl2FN2O2. The fourth-order valence-electron chi connectivity index (χ4n) is 3.08. The van der Waals surface area contributed by atoms with Gasteiger partial charge in [0.1, 0.15) is 5.82 Å². The van der Waals surface area contributed by atoms with Crippen LogP contribution in [0.4, 0.5) is 10.1 Å². The van der Waals surface area contributed by atoms with E-state index in [0.717, 1.165) is 37.4 Å². The molecule has 0 aliphatic carbocycles. The lowest BCUT2D eigenvalue weighted by Crippen LogP contribution is -2.49. The molecule has 1 aliphatic heterocycles. The number of halogens is 3. The van der Waals surface area contributed by atoms with Crippen LogP contribution in [-0.2, 0) is 11.3 Å². The summed E-state index contributed by atoms with van der Waals surface area (Å²) in [6.45, 7) is 4.83. The number of anilines is 1. The van der Waals surface area contributed by atoms with Crippen LogP contribution in [0.5, 0.6) is 0 Å². The van der Waals surface area contributed by atoms with Gasteiger partial charge in [-0.05, 0) is 42.0 Å². The Balaban J connectivity index is 0.00000261. The Hall–Kier alpha value is -1.37. The van der Waals surface area contributed by atoms with Gasteiger partial charge in [-0.2, -0.15) is 0 Å². The Morgan fingerprint density at radius 2 is 1.63 bits per heavy atom. The molecule has 1 aliphatic rings. The van der Waals surface area contributed by atoms with Gasteiger partial charge in [0.25, 0.3) is 0 Å². The molecule has 1 unspecified atom stereocenters. The average Bonchev–Trinajstić information content (AvgIpc) is 2.65. The highest BCUT2D eigenvalue weighted by Gasteiger charge is 2.19. The molecule has 1 saturated heterocycles. The minimum Gasteiger partial charge on any atom is -0.389 e. The summed E-state index contributed by atoms with van der Waals surface area (Å²) in [5.74, 6) is -0.214. The Kier molecular flexibility index (Phi) is 8.80. The van der Waals surface area contributed by atoms with Crippen molar-refractivity contribution in [3.05, 3.63) is 64.9 Å². The first-order valence-electron chi connectivity index (χ1n) is 8.83. The minimum atomic E-state index is -0.514. The maximum absolute atomic E-state index is 13.0. The standard InChI is InChI=1S/C20H24ClFN2O2.ClH/c21-17-3-1-16(2-4-17)14-26-15-20(25)13-23-9-11-24(12-10-23)19-7-5-18(22)6-8-19;/h1-8,20,25H,9-15H2;1H. The fraction of sp³-hybridized carbons (Fsp3) is 0.400. The molecular weight excluding hydrogens is 390 g/mol. The van der Waals surface area contributed by atoms with E-state index in [4.69, 9.17) is 16.3 Å².